The number of hydrogen-bond acceptors (Lipinski definition) is 4. The molecule has 0 aliphatic rings. The summed E-state index contributed by atoms with van der Waals surface area (Å²) in [6.45, 7) is 4.00. The summed E-state index contributed by atoms with van der Waals surface area (Å²) in [6.07, 6.45) is 1.91. The third kappa shape index (κ3) is 9.15. The average Bonchev–Trinajstić information content (AvgIpc) is 2.60. The summed E-state index contributed by atoms with van der Waals surface area (Å²) >= 11 is 0. The lowest BCUT2D eigenvalue weighted by molar-refractivity contribution is 0.265. The summed E-state index contributed by atoms with van der Waals surface area (Å²) in [5.74, 6) is 0.623. The summed E-state index contributed by atoms with van der Waals surface area (Å²) in [5.41, 5.74) is 1.07. The van der Waals surface area contributed by atoms with Crippen molar-refractivity contribution >= 4 is 40.0 Å². The summed E-state index contributed by atoms with van der Waals surface area (Å²) in [6, 6.07) is 9.83. The molecule has 0 aromatic heterocycles. The zero-order chi connectivity index (χ0) is 18.7. The zero-order valence-electron chi connectivity index (χ0n) is 15.7. The van der Waals surface area contributed by atoms with Gasteiger partial charge in [0.05, 0.1) is 12.9 Å². The quantitative estimate of drug-likeness (QED) is 0.195. The molecule has 0 spiro atoms. The van der Waals surface area contributed by atoms with Crippen LogP contribution in [-0.4, -0.2) is 69.9 Å². The first-order valence-electron chi connectivity index (χ1n) is 8.47. The number of nitrogens with zero attached hydrogens (tertiary/aromatic N) is 2. The molecule has 0 saturated carbocycles. The number of aliphatic imine (C=N–C) groups is 1. The maximum Gasteiger partial charge on any atom is 0.211 e. The Balaban J connectivity index is 0.00000625. The molecule has 1 aromatic rings. The topological polar surface area (TPSA) is 94.0 Å². The Hall–Kier alpha value is -0.910. The highest BCUT2D eigenvalue weighted by Crippen LogP contribution is 2.13. The van der Waals surface area contributed by atoms with Crippen LogP contribution >= 0.6 is 24.0 Å². The highest BCUT2D eigenvalue weighted by molar-refractivity contribution is 14.0. The summed E-state index contributed by atoms with van der Waals surface area (Å²) in [4.78, 5) is 4.15. The number of aliphatic hydroxyl groups excluding tert-OH is 1. The van der Waals surface area contributed by atoms with Crippen LogP contribution in [0.15, 0.2) is 35.3 Å². The Morgan fingerprint density at radius 3 is 2.42 bits per heavy atom. The number of nitrogens with one attached hydrogen (secondary N) is 2. The van der Waals surface area contributed by atoms with E-state index in [-0.39, 0.29) is 36.5 Å². The maximum absolute atomic E-state index is 11.5. The van der Waals surface area contributed by atoms with Crippen molar-refractivity contribution in [3.05, 3.63) is 35.9 Å². The second-order valence-corrected chi connectivity index (χ2v) is 7.76. The van der Waals surface area contributed by atoms with Crippen LogP contribution in [0.3, 0.4) is 0 Å². The molecule has 1 unspecified atom stereocenters. The number of sulfonamides is 1. The van der Waals surface area contributed by atoms with Gasteiger partial charge in [0.1, 0.15) is 0 Å². The van der Waals surface area contributed by atoms with Crippen LogP contribution in [-0.2, 0) is 10.0 Å². The summed E-state index contributed by atoms with van der Waals surface area (Å²) < 4.78 is 24.5. The van der Waals surface area contributed by atoms with E-state index in [0.29, 0.717) is 38.6 Å². The fourth-order valence-electron chi connectivity index (χ4n) is 2.47. The number of guanidine groups is 1. The first-order valence-corrected chi connectivity index (χ1v) is 10.3. The normalized spacial score (nSPS) is 13.2. The molecule has 0 amide bonds. The third-order valence-electron chi connectivity index (χ3n) is 3.93. The standard InChI is InChI=1S/C17H30N4O3S.HI/c1-4-21(25(3,23)24)12-8-11-19-17(18-2)20-13-16(14-22)15-9-6-5-7-10-15;/h5-7,9-10,16,22H,4,8,11-14H2,1-3H3,(H2,18,19,20);1H. The second-order valence-electron chi connectivity index (χ2n) is 5.78. The van der Waals surface area contributed by atoms with E-state index in [0.717, 1.165) is 5.56 Å². The van der Waals surface area contributed by atoms with Crippen LogP contribution in [0.4, 0.5) is 0 Å². The molecule has 0 radical (unpaired) electrons. The molecule has 1 rings (SSSR count). The van der Waals surface area contributed by atoms with Crippen molar-refractivity contribution in [2.75, 3.05) is 46.1 Å². The predicted molar refractivity (Wildman–Crippen MR) is 118 cm³/mol. The molecule has 0 aliphatic carbocycles. The van der Waals surface area contributed by atoms with Crippen molar-refractivity contribution in [1.29, 1.82) is 0 Å². The third-order valence-corrected chi connectivity index (χ3v) is 5.31. The molecule has 0 saturated heterocycles. The molecule has 0 bridgehead atoms. The fourth-order valence-corrected chi connectivity index (χ4v) is 3.40. The molecule has 9 heteroatoms. The number of aliphatic hydroxyl groups is 1. The van der Waals surface area contributed by atoms with Gasteiger partial charge in [-0.3, -0.25) is 4.99 Å². The Morgan fingerprint density at radius 1 is 1.27 bits per heavy atom. The van der Waals surface area contributed by atoms with E-state index in [4.69, 9.17) is 0 Å². The van der Waals surface area contributed by atoms with Gasteiger partial charge >= 0.3 is 0 Å². The van der Waals surface area contributed by atoms with Crippen molar-refractivity contribution in [1.82, 2.24) is 14.9 Å². The highest BCUT2D eigenvalue weighted by Gasteiger charge is 2.14. The van der Waals surface area contributed by atoms with Gasteiger partial charge in [-0.15, -0.1) is 24.0 Å². The molecule has 7 nitrogen and oxygen atoms in total. The Labute approximate surface area is 174 Å². The minimum Gasteiger partial charge on any atom is -0.396 e. The first-order chi connectivity index (χ1) is 11.9. The van der Waals surface area contributed by atoms with E-state index in [1.807, 2.05) is 37.3 Å². The minimum atomic E-state index is -3.14. The lowest BCUT2D eigenvalue weighted by atomic mass is 10.0. The summed E-state index contributed by atoms with van der Waals surface area (Å²) in [5, 5.41) is 15.9. The molecule has 0 aliphatic heterocycles. The van der Waals surface area contributed by atoms with E-state index < -0.39 is 10.0 Å². The Morgan fingerprint density at radius 2 is 1.92 bits per heavy atom. The van der Waals surface area contributed by atoms with Crippen molar-refractivity contribution in [2.45, 2.75) is 19.3 Å². The molecule has 1 aromatic carbocycles. The van der Waals surface area contributed by atoms with Gasteiger partial charge in [-0.25, -0.2) is 12.7 Å². The van der Waals surface area contributed by atoms with Crippen molar-refractivity contribution < 1.29 is 13.5 Å². The number of rotatable bonds is 10. The van der Waals surface area contributed by atoms with Gasteiger partial charge in [-0.05, 0) is 12.0 Å². The zero-order valence-corrected chi connectivity index (χ0v) is 18.8. The molecular weight excluding hydrogens is 467 g/mol. The molecule has 26 heavy (non-hydrogen) atoms. The van der Waals surface area contributed by atoms with Crippen molar-refractivity contribution in [3.63, 3.8) is 0 Å². The van der Waals surface area contributed by atoms with Gasteiger partial charge in [0.25, 0.3) is 0 Å². The van der Waals surface area contributed by atoms with Gasteiger partial charge in [-0.1, -0.05) is 37.3 Å². The van der Waals surface area contributed by atoms with Crippen molar-refractivity contribution in [3.8, 4) is 0 Å². The van der Waals surface area contributed by atoms with Crippen LogP contribution in [0, 0.1) is 0 Å². The number of benzene rings is 1. The molecule has 1 atom stereocenters. The van der Waals surface area contributed by atoms with Crippen LogP contribution in [0.1, 0.15) is 24.8 Å². The molecule has 150 valence electrons. The minimum absolute atomic E-state index is 0. The van der Waals surface area contributed by atoms with Crippen LogP contribution < -0.4 is 10.6 Å². The van der Waals surface area contributed by atoms with Crippen LogP contribution in [0.2, 0.25) is 0 Å². The first kappa shape index (κ1) is 25.1. The smallest absolute Gasteiger partial charge is 0.211 e. The predicted octanol–water partition coefficient (Wildman–Crippen LogP) is 1.22. The van der Waals surface area contributed by atoms with Gasteiger partial charge in [0, 0.05) is 39.1 Å². The Bertz CT molecular complexity index is 626. The van der Waals surface area contributed by atoms with E-state index in [1.54, 1.807) is 7.05 Å². The monoisotopic (exact) mass is 498 g/mol. The molecule has 3 N–H and O–H groups in total. The fraction of sp³-hybridized carbons (Fsp3) is 0.588. The molecule has 0 fully saturated rings. The highest BCUT2D eigenvalue weighted by atomic mass is 127. The van der Waals surface area contributed by atoms with E-state index in [9.17, 15) is 13.5 Å². The number of hydrogen-bond donors (Lipinski definition) is 3. The van der Waals surface area contributed by atoms with Gasteiger partial charge < -0.3 is 15.7 Å². The largest absolute Gasteiger partial charge is 0.396 e. The number of halogens is 1. The van der Waals surface area contributed by atoms with E-state index in [1.165, 1.54) is 10.6 Å². The lowest BCUT2D eigenvalue weighted by Gasteiger charge is -2.19. The van der Waals surface area contributed by atoms with Crippen molar-refractivity contribution in [2.24, 2.45) is 4.99 Å². The maximum atomic E-state index is 11.5. The SMILES string of the molecule is CCN(CCCNC(=NC)NCC(CO)c1ccccc1)S(C)(=O)=O.I. The van der Waals surface area contributed by atoms with Crippen LogP contribution in [0.25, 0.3) is 0 Å². The van der Waals surface area contributed by atoms with Gasteiger partial charge in [0.15, 0.2) is 5.96 Å². The Kier molecular flexibility index (Phi) is 12.8. The lowest BCUT2D eigenvalue weighted by Crippen LogP contribution is -2.41. The van der Waals surface area contributed by atoms with Gasteiger partial charge in [0.2, 0.25) is 10.0 Å². The van der Waals surface area contributed by atoms with Gasteiger partial charge in [-0.2, -0.15) is 0 Å². The van der Waals surface area contributed by atoms with E-state index >= 15 is 0 Å². The molecular formula is C17H31IN4O3S. The second kappa shape index (κ2) is 13.3. The molecule has 0 heterocycles. The average molecular weight is 498 g/mol. The summed E-state index contributed by atoms with van der Waals surface area (Å²) in [7, 11) is -1.46. The van der Waals surface area contributed by atoms with E-state index in [2.05, 4.69) is 15.6 Å². The van der Waals surface area contributed by atoms with Crippen LogP contribution in [0.5, 0.6) is 0 Å².